The first-order chi connectivity index (χ1) is 16.0. The molecule has 0 amide bonds. The van der Waals surface area contributed by atoms with E-state index in [0.717, 1.165) is 26.4 Å². The van der Waals surface area contributed by atoms with Crippen LogP contribution in [-0.4, -0.2) is 67.7 Å². The third-order valence-corrected chi connectivity index (χ3v) is 6.65. The van der Waals surface area contributed by atoms with E-state index < -0.39 is 0 Å². The molecular formula is C29H64N2O2+2. The van der Waals surface area contributed by atoms with Gasteiger partial charge in [-0.3, -0.25) is 0 Å². The van der Waals surface area contributed by atoms with Gasteiger partial charge in [0.2, 0.25) is 0 Å². The number of rotatable bonds is 26. The molecule has 2 N–H and O–H groups in total. The summed E-state index contributed by atoms with van der Waals surface area (Å²) in [6, 6.07) is 0. The lowest BCUT2D eigenvalue weighted by Gasteiger charge is -2.34. The molecule has 200 valence electrons. The van der Waals surface area contributed by atoms with Gasteiger partial charge in [0.25, 0.3) is 0 Å². The third kappa shape index (κ3) is 22.1. The van der Waals surface area contributed by atoms with Gasteiger partial charge in [0.1, 0.15) is 0 Å². The quantitative estimate of drug-likeness (QED) is 0.180. The van der Waals surface area contributed by atoms with Gasteiger partial charge in [0, 0.05) is 19.8 Å². The number of quaternary nitrogens is 2. The topological polar surface area (TPSA) is 27.3 Å². The molecule has 0 saturated heterocycles. The van der Waals surface area contributed by atoms with Crippen LogP contribution < -0.4 is 9.80 Å². The molecule has 4 nitrogen and oxygen atoms in total. The minimum absolute atomic E-state index is 0.300. The van der Waals surface area contributed by atoms with Gasteiger partial charge >= 0.3 is 0 Å². The zero-order chi connectivity index (χ0) is 24.6. The van der Waals surface area contributed by atoms with Crippen molar-refractivity contribution in [1.82, 2.24) is 0 Å². The van der Waals surface area contributed by atoms with E-state index in [4.69, 9.17) is 9.47 Å². The van der Waals surface area contributed by atoms with Crippen LogP contribution in [-0.2, 0) is 9.47 Å². The first-order valence-corrected chi connectivity index (χ1v) is 14.7. The lowest BCUT2D eigenvalue weighted by molar-refractivity contribution is -0.893. The highest BCUT2D eigenvalue weighted by Gasteiger charge is 2.36. The van der Waals surface area contributed by atoms with Crippen LogP contribution in [0, 0.1) is 5.41 Å². The number of hydrogen-bond donors (Lipinski definition) is 2. The predicted octanol–water partition coefficient (Wildman–Crippen LogP) is 4.58. The van der Waals surface area contributed by atoms with E-state index in [0.29, 0.717) is 5.41 Å². The molecule has 33 heavy (non-hydrogen) atoms. The molecule has 0 unspecified atom stereocenters. The summed E-state index contributed by atoms with van der Waals surface area (Å²) < 4.78 is 12.1. The largest absolute Gasteiger partial charge is 0.381 e. The van der Waals surface area contributed by atoms with E-state index >= 15 is 0 Å². The SMILES string of the molecule is CCCCCCCCCCOCC(CCCCCCOCCCCC)(C[NH+](C)C)C[NH+](C)C. The van der Waals surface area contributed by atoms with Crippen molar-refractivity contribution in [3.8, 4) is 0 Å². The van der Waals surface area contributed by atoms with Gasteiger partial charge in [0.05, 0.1) is 53.3 Å². The summed E-state index contributed by atoms with van der Waals surface area (Å²) in [6.45, 7) is 10.7. The zero-order valence-corrected chi connectivity index (χ0v) is 23.9. The highest BCUT2D eigenvalue weighted by atomic mass is 16.5. The van der Waals surface area contributed by atoms with Crippen LogP contribution in [0.1, 0.15) is 117 Å². The lowest BCUT2D eigenvalue weighted by Crippen LogP contribution is -3.12. The van der Waals surface area contributed by atoms with Crippen molar-refractivity contribution >= 4 is 0 Å². The lowest BCUT2D eigenvalue weighted by atomic mass is 9.82. The predicted molar refractivity (Wildman–Crippen MR) is 145 cm³/mol. The van der Waals surface area contributed by atoms with Crippen LogP contribution in [0.3, 0.4) is 0 Å². The van der Waals surface area contributed by atoms with Crippen LogP contribution in [0.25, 0.3) is 0 Å². The molecule has 0 spiro atoms. The van der Waals surface area contributed by atoms with Gasteiger partial charge < -0.3 is 19.3 Å². The smallest absolute Gasteiger partial charge is 0.0914 e. The molecule has 0 atom stereocenters. The van der Waals surface area contributed by atoms with Crippen molar-refractivity contribution in [2.24, 2.45) is 5.41 Å². The molecule has 0 aromatic carbocycles. The van der Waals surface area contributed by atoms with Gasteiger partial charge in [-0.05, 0) is 25.7 Å². The summed E-state index contributed by atoms with van der Waals surface area (Å²) >= 11 is 0. The number of hydrogen-bond acceptors (Lipinski definition) is 2. The van der Waals surface area contributed by atoms with Crippen molar-refractivity contribution in [3.63, 3.8) is 0 Å². The summed E-state index contributed by atoms with van der Waals surface area (Å²) in [6.07, 6.45) is 21.2. The molecule has 0 saturated carbocycles. The molecule has 0 rings (SSSR count). The molecule has 0 radical (unpaired) electrons. The Morgan fingerprint density at radius 3 is 1.39 bits per heavy atom. The maximum absolute atomic E-state index is 6.34. The average molecular weight is 473 g/mol. The average Bonchev–Trinajstić information content (AvgIpc) is 2.75. The first-order valence-electron chi connectivity index (χ1n) is 14.7. The second kappa shape index (κ2) is 23.6. The Hall–Kier alpha value is -0.160. The molecule has 0 fully saturated rings. The normalized spacial score (nSPS) is 12.4. The van der Waals surface area contributed by atoms with E-state index in [1.54, 1.807) is 9.80 Å². The van der Waals surface area contributed by atoms with Crippen molar-refractivity contribution < 1.29 is 19.3 Å². The zero-order valence-electron chi connectivity index (χ0n) is 23.9. The first kappa shape index (κ1) is 32.8. The Bertz CT molecular complexity index is 352. The summed E-state index contributed by atoms with van der Waals surface area (Å²) in [5, 5.41) is 0. The van der Waals surface area contributed by atoms with Crippen molar-refractivity contribution in [2.45, 2.75) is 117 Å². The Balaban J connectivity index is 4.21. The fourth-order valence-electron chi connectivity index (χ4n) is 5.15. The molecule has 0 aliphatic heterocycles. The van der Waals surface area contributed by atoms with Crippen molar-refractivity contribution in [3.05, 3.63) is 0 Å². The molecule has 0 bridgehead atoms. The second-order valence-corrected chi connectivity index (χ2v) is 11.3. The van der Waals surface area contributed by atoms with Crippen LogP contribution in [0.5, 0.6) is 0 Å². The molecule has 4 heteroatoms. The highest BCUT2D eigenvalue weighted by Crippen LogP contribution is 2.24. The summed E-state index contributed by atoms with van der Waals surface area (Å²) in [4.78, 5) is 3.10. The molecule has 0 aliphatic rings. The van der Waals surface area contributed by atoms with E-state index in [-0.39, 0.29) is 0 Å². The van der Waals surface area contributed by atoms with Crippen LogP contribution >= 0.6 is 0 Å². The maximum atomic E-state index is 6.34. The Morgan fingerprint density at radius 2 is 0.879 bits per heavy atom. The number of nitrogens with one attached hydrogen (secondary N) is 2. The second-order valence-electron chi connectivity index (χ2n) is 11.3. The Kier molecular flexibility index (Phi) is 23.5. The molecule has 0 heterocycles. The van der Waals surface area contributed by atoms with Crippen molar-refractivity contribution in [1.29, 1.82) is 0 Å². The summed E-state index contributed by atoms with van der Waals surface area (Å²) in [5.74, 6) is 0. The van der Waals surface area contributed by atoms with E-state index in [1.807, 2.05) is 0 Å². The van der Waals surface area contributed by atoms with Gasteiger partial charge in [-0.2, -0.15) is 0 Å². The van der Waals surface area contributed by atoms with Gasteiger partial charge in [0.15, 0.2) is 0 Å². The van der Waals surface area contributed by atoms with E-state index in [2.05, 4.69) is 42.0 Å². The maximum Gasteiger partial charge on any atom is 0.0914 e. The Morgan fingerprint density at radius 1 is 0.485 bits per heavy atom. The van der Waals surface area contributed by atoms with Gasteiger partial charge in [-0.1, -0.05) is 90.9 Å². The fourth-order valence-corrected chi connectivity index (χ4v) is 5.15. The molecule has 0 aromatic heterocycles. The molecule has 0 aliphatic carbocycles. The van der Waals surface area contributed by atoms with Gasteiger partial charge in [-0.25, -0.2) is 0 Å². The molecule has 0 aromatic rings. The van der Waals surface area contributed by atoms with E-state index in [1.165, 1.54) is 116 Å². The third-order valence-electron chi connectivity index (χ3n) is 6.65. The summed E-state index contributed by atoms with van der Waals surface area (Å²) in [5.41, 5.74) is 0.300. The van der Waals surface area contributed by atoms with Crippen LogP contribution in [0.4, 0.5) is 0 Å². The number of unbranched alkanes of at least 4 members (excludes halogenated alkanes) is 12. The molecular weight excluding hydrogens is 408 g/mol. The van der Waals surface area contributed by atoms with Gasteiger partial charge in [-0.15, -0.1) is 0 Å². The minimum atomic E-state index is 0.300. The Labute approximate surface area is 209 Å². The van der Waals surface area contributed by atoms with Crippen LogP contribution in [0.15, 0.2) is 0 Å². The standard InChI is InChI=1S/C29H62N2O2/c1-7-9-11-12-13-14-16-21-25-33-28-29(26-30(3)4,27-31(5)6)22-18-15-17-20-24-32-23-19-10-8-2/h7-28H2,1-6H3/p+2. The van der Waals surface area contributed by atoms with E-state index in [9.17, 15) is 0 Å². The monoisotopic (exact) mass is 472 g/mol. The van der Waals surface area contributed by atoms with Crippen molar-refractivity contribution in [2.75, 3.05) is 67.7 Å². The highest BCUT2D eigenvalue weighted by molar-refractivity contribution is 4.78. The van der Waals surface area contributed by atoms with Crippen LogP contribution in [0.2, 0.25) is 0 Å². The number of ether oxygens (including phenoxy) is 2. The summed E-state index contributed by atoms with van der Waals surface area (Å²) in [7, 11) is 9.20. The minimum Gasteiger partial charge on any atom is -0.381 e. The fraction of sp³-hybridized carbons (Fsp3) is 1.00.